The first-order chi connectivity index (χ1) is 14.0. The van der Waals surface area contributed by atoms with Crippen LogP contribution in [0.15, 0.2) is 34.8 Å². The van der Waals surface area contributed by atoms with E-state index in [1.807, 2.05) is 17.0 Å². The van der Waals surface area contributed by atoms with Crippen LogP contribution in [0.3, 0.4) is 0 Å². The summed E-state index contributed by atoms with van der Waals surface area (Å²) in [6.07, 6.45) is 8.70. The normalized spacial score (nSPS) is 24.0. The van der Waals surface area contributed by atoms with Crippen LogP contribution in [0, 0.1) is 18.1 Å². The van der Waals surface area contributed by atoms with Crippen molar-refractivity contribution < 1.29 is 14.3 Å². The van der Waals surface area contributed by atoms with E-state index in [0.717, 1.165) is 44.2 Å². The summed E-state index contributed by atoms with van der Waals surface area (Å²) in [6, 6.07) is 11.5. The molecule has 0 bridgehead atoms. The van der Waals surface area contributed by atoms with Gasteiger partial charge in [-0.15, -0.1) is 0 Å². The van der Waals surface area contributed by atoms with Crippen LogP contribution < -0.4 is 0 Å². The Balaban J connectivity index is 1.54. The van der Waals surface area contributed by atoms with Crippen molar-refractivity contribution in [2.75, 3.05) is 6.61 Å². The Morgan fingerprint density at radius 2 is 1.97 bits per heavy atom. The lowest BCUT2D eigenvalue weighted by molar-refractivity contribution is 0.0544. The van der Waals surface area contributed by atoms with Crippen LogP contribution in [0.5, 0.6) is 0 Å². The largest absolute Gasteiger partial charge is 0.396 e. The number of amides is 1. The zero-order valence-electron chi connectivity index (χ0n) is 16.2. The Kier molecular flexibility index (Phi) is 5.89. The number of benzene rings is 1. The summed E-state index contributed by atoms with van der Waals surface area (Å²) in [7, 11) is 0. The van der Waals surface area contributed by atoms with Crippen molar-refractivity contribution in [2.45, 2.75) is 62.4 Å². The van der Waals surface area contributed by atoms with Crippen molar-refractivity contribution in [1.82, 2.24) is 9.88 Å². The highest BCUT2D eigenvalue weighted by atomic mass is 79.9. The second-order valence-electron chi connectivity index (χ2n) is 8.14. The number of nitrogens with zero attached hydrogens (tertiary/aromatic N) is 2. The molecule has 29 heavy (non-hydrogen) atoms. The fourth-order valence-electron chi connectivity index (χ4n) is 4.65. The van der Waals surface area contributed by atoms with Gasteiger partial charge < -0.3 is 10.0 Å². The molecular weight excluding hydrogens is 435 g/mol. The third-order valence-corrected chi connectivity index (χ3v) is 6.83. The maximum absolute atomic E-state index is 14.4. The third-order valence-electron chi connectivity index (χ3n) is 6.34. The minimum absolute atomic E-state index is 0.0871. The number of rotatable bonds is 6. The number of halogens is 2. The molecule has 1 aromatic heterocycles. The summed E-state index contributed by atoms with van der Waals surface area (Å²) in [5.74, 6) is -0.696. The van der Waals surface area contributed by atoms with E-state index < -0.39 is 5.82 Å². The lowest BCUT2D eigenvalue weighted by Gasteiger charge is -2.43. The van der Waals surface area contributed by atoms with Gasteiger partial charge in [0.05, 0.1) is 11.3 Å². The number of carbonyl (C=O) groups excluding carboxylic acids is 1. The van der Waals surface area contributed by atoms with Crippen molar-refractivity contribution in [3.63, 3.8) is 0 Å². The molecule has 0 saturated heterocycles. The molecule has 0 atom stereocenters. The molecule has 0 radical (unpaired) electrons. The molecule has 152 valence electrons. The van der Waals surface area contributed by atoms with E-state index >= 15 is 0 Å². The lowest BCUT2D eigenvalue weighted by atomic mass is 9.68. The van der Waals surface area contributed by atoms with Gasteiger partial charge in [0.25, 0.3) is 5.91 Å². The summed E-state index contributed by atoms with van der Waals surface area (Å²) in [4.78, 5) is 19.5. The Bertz CT molecular complexity index is 864. The topological polar surface area (TPSA) is 53.4 Å². The molecular formula is C23H24BrFN2O2. The zero-order valence-corrected chi connectivity index (χ0v) is 17.8. The molecule has 1 heterocycles. The minimum atomic E-state index is -0.485. The van der Waals surface area contributed by atoms with Crippen LogP contribution in [0.1, 0.15) is 61.0 Å². The summed E-state index contributed by atoms with van der Waals surface area (Å²) >= 11 is 3.25. The van der Waals surface area contributed by atoms with E-state index in [2.05, 4.69) is 33.2 Å². The maximum atomic E-state index is 14.4. The molecule has 0 spiro atoms. The lowest BCUT2D eigenvalue weighted by Crippen LogP contribution is -2.47. The number of hydrogen-bond donors (Lipinski definition) is 1. The molecule has 1 amide bonds. The predicted octanol–water partition coefficient (Wildman–Crippen LogP) is 4.45. The minimum Gasteiger partial charge on any atom is -0.396 e. The third kappa shape index (κ3) is 4.17. The maximum Gasteiger partial charge on any atom is 0.257 e. The molecule has 2 fully saturated rings. The van der Waals surface area contributed by atoms with E-state index in [-0.39, 0.29) is 35.6 Å². The quantitative estimate of drug-likeness (QED) is 0.695. The molecule has 2 aliphatic rings. The van der Waals surface area contributed by atoms with Crippen molar-refractivity contribution in [1.29, 1.82) is 0 Å². The van der Waals surface area contributed by atoms with Gasteiger partial charge >= 0.3 is 0 Å². The van der Waals surface area contributed by atoms with Gasteiger partial charge in [0, 0.05) is 34.8 Å². The number of aliphatic hydroxyl groups is 1. The van der Waals surface area contributed by atoms with E-state index in [9.17, 15) is 14.3 Å². The fourth-order valence-corrected chi connectivity index (χ4v) is 4.98. The summed E-state index contributed by atoms with van der Waals surface area (Å²) < 4.78 is 15.1. The van der Waals surface area contributed by atoms with Gasteiger partial charge in [0.2, 0.25) is 0 Å². The monoisotopic (exact) mass is 458 g/mol. The van der Waals surface area contributed by atoms with E-state index in [4.69, 9.17) is 0 Å². The predicted molar refractivity (Wildman–Crippen MR) is 111 cm³/mol. The highest BCUT2D eigenvalue weighted by molar-refractivity contribution is 9.10. The van der Waals surface area contributed by atoms with Gasteiger partial charge in [0.15, 0.2) is 0 Å². The molecule has 2 aromatic rings. The van der Waals surface area contributed by atoms with Gasteiger partial charge in [-0.3, -0.25) is 4.79 Å². The second kappa shape index (κ2) is 8.41. The standard InChI is InChI=1S/C23H24BrFN2O2/c24-16-4-7-19(20(25)15-16)22(29)27(17-5-6-17)18-8-10-23(11-9-18,12-14-28)21-3-1-2-13-26-21/h1,3-4,7,15,17-18,28H,5-6,8-12,14H2. The van der Waals surface area contributed by atoms with Crippen molar-refractivity contribution >= 4 is 21.8 Å². The van der Waals surface area contributed by atoms with Gasteiger partial charge in [-0.05, 0) is 81.3 Å². The molecule has 6 heteroatoms. The molecule has 1 N–H and O–H groups in total. The van der Waals surface area contributed by atoms with Gasteiger partial charge in [0.1, 0.15) is 5.82 Å². The van der Waals surface area contributed by atoms with Crippen LogP contribution >= 0.6 is 15.9 Å². The Labute approximate surface area is 179 Å². The summed E-state index contributed by atoms with van der Waals surface area (Å²) in [6.45, 7) is 0.0975. The SMILES string of the molecule is O=C(c1ccc(Br)cc1F)N(C1CC1)C1CCC(CCO)(c2ccc#cn2)CC1. The van der Waals surface area contributed by atoms with Crippen LogP contribution in [-0.4, -0.2) is 39.6 Å². The molecule has 1 aromatic carbocycles. The molecule has 2 aliphatic carbocycles. The summed E-state index contributed by atoms with van der Waals surface area (Å²) in [5.41, 5.74) is 0.881. The highest BCUT2D eigenvalue weighted by Crippen LogP contribution is 2.44. The average molecular weight is 459 g/mol. The van der Waals surface area contributed by atoms with Crippen molar-refractivity contribution in [3.05, 3.63) is 64.1 Å². The van der Waals surface area contributed by atoms with Crippen LogP contribution in [0.4, 0.5) is 4.39 Å². The Morgan fingerprint density at radius 1 is 1.24 bits per heavy atom. The van der Waals surface area contributed by atoms with Crippen LogP contribution in [0.2, 0.25) is 0 Å². The number of aromatic nitrogens is 1. The van der Waals surface area contributed by atoms with Gasteiger partial charge in [-0.1, -0.05) is 15.9 Å². The first-order valence-corrected chi connectivity index (χ1v) is 11.0. The first-order valence-electron chi connectivity index (χ1n) is 10.2. The fraction of sp³-hybridized carbons (Fsp3) is 0.478. The van der Waals surface area contributed by atoms with Crippen molar-refractivity contribution in [2.24, 2.45) is 0 Å². The first kappa shape index (κ1) is 20.3. The highest BCUT2D eigenvalue weighted by Gasteiger charge is 2.44. The molecule has 4 nitrogen and oxygen atoms in total. The number of aliphatic hydroxyl groups excluding tert-OH is 1. The van der Waals surface area contributed by atoms with Gasteiger partial charge in [-0.25, -0.2) is 9.37 Å². The van der Waals surface area contributed by atoms with Crippen LogP contribution in [-0.2, 0) is 5.41 Å². The molecule has 0 unspecified atom stereocenters. The van der Waals surface area contributed by atoms with E-state index in [1.54, 1.807) is 12.1 Å². The van der Waals surface area contributed by atoms with Gasteiger partial charge in [-0.2, -0.15) is 0 Å². The molecule has 2 saturated carbocycles. The van der Waals surface area contributed by atoms with Crippen molar-refractivity contribution in [3.8, 4) is 0 Å². The average Bonchev–Trinajstić information content (AvgIpc) is 3.55. The zero-order chi connectivity index (χ0) is 20.4. The van der Waals surface area contributed by atoms with E-state index in [1.165, 1.54) is 6.07 Å². The Morgan fingerprint density at radius 3 is 2.55 bits per heavy atom. The molecule has 0 aliphatic heterocycles. The van der Waals surface area contributed by atoms with E-state index in [0.29, 0.717) is 10.9 Å². The Hall–Kier alpha value is -1.97. The number of carbonyl (C=O) groups is 1. The summed E-state index contributed by atoms with van der Waals surface area (Å²) in [5, 5.41) is 9.65. The molecule has 4 rings (SSSR count). The van der Waals surface area contributed by atoms with Crippen LogP contribution in [0.25, 0.3) is 0 Å². The number of hydrogen-bond acceptors (Lipinski definition) is 3. The smallest absolute Gasteiger partial charge is 0.257 e. The second-order valence-corrected chi connectivity index (χ2v) is 9.06.